The van der Waals surface area contributed by atoms with Crippen LogP contribution in [0.4, 0.5) is 0 Å². The van der Waals surface area contributed by atoms with E-state index in [0.29, 0.717) is 0 Å². The van der Waals surface area contributed by atoms with Gasteiger partial charge in [-0.05, 0) is 6.92 Å². The molecule has 0 spiro atoms. The number of aryl methyl sites for hydroxylation is 1. The summed E-state index contributed by atoms with van der Waals surface area (Å²) in [7, 11) is 0. The summed E-state index contributed by atoms with van der Waals surface area (Å²) in [6.07, 6.45) is 1.65. The van der Waals surface area contributed by atoms with Crippen LogP contribution in [-0.4, -0.2) is 19.9 Å². The van der Waals surface area contributed by atoms with E-state index in [4.69, 9.17) is 4.52 Å². The van der Waals surface area contributed by atoms with Gasteiger partial charge in [-0.15, -0.1) is 10.2 Å². The Morgan fingerprint density at radius 1 is 1.33 bits per heavy atom. The lowest BCUT2D eigenvalue weighted by Gasteiger charge is -2.16. The Morgan fingerprint density at radius 2 is 2.07 bits per heavy atom. The topological polar surface area (TPSA) is 56.7 Å². The first-order valence-corrected chi connectivity index (χ1v) is 4.82. The van der Waals surface area contributed by atoms with Crippen molar-refractivity contribution in [2.45, 2.75) is 33.1 Å². The van der Waals surface area contributed by atoms with E-state index >= 15 is 0 Å². The van der Waals surface area contributed by atoms with Gasteiger partial charge in [-0.25, -0.2) is 0 Å². The SMILES string of the molecule is Cc1cc(-n2cnnc2C(C)(C)C)no1. The fraction of sp³-hybridized carbons (Fsp3) is 0.500. The highest BCUT2D eigenvalue weighted by Gasteiger charge is 2.22. The zero-order chi connectivity index (χ0) is 11.1. The van der Waals surface area contributed by atoms with Crippen molar-refractivity contribution in [1.82, 2.24) is 19.9 Å². The summed E-state index contributed by atoms with van der Waals surface area (Å²) in [6.45, 7) is 8.11. The van der Waals surface area contributed by atoms with E-state index in [-0.39, 0.29) is 5.41 Å². The molecule has 0 saturated carbocycles. The summed E-state index contributed by atoms with van der Waals surface area (Å²) >= 11 is 0. The first-order valence-electron chi connectivity index (χ1n) is 4.82. The minimum atomic E-state index is -0.0661. The van der Waals surface area contributed by atoms with E-state index in [1.807, 2.05) is 17.6 Å². The first kappa shape index (κ1) is 9.89. The number of rotatable bonds is 1. The average Bonchev–Trinajstić information content (AvgIpc) is 2.68. The third-order valence-corrected chi connectivity index (χ3v) is 2.08. The van der Waals surface area contributed by atoms with Crippen molar-refractivity contribution in [1.29, 1.82) is 0 Å². The maximum atomic E-state index is 5.03. The van der Waals surface area contributed by atoms with E-state index in [1.54, 1.807) is 6.33 Å². The van der Waals surface area contributed by atoms with Gasteiger partial charge in [-0.1, -0.05) is 25.9 Å². The molecule has 0 saturated heterocycles. The van der Waals surface area contributed by atoms with Crippen molar-refractivity contribution in [3.63, 3.8) is 0 Å². The predicted molar refractivity (Wildman–Crippen MR) is 54.9 cm³/mol. The number of hydrogen-bond acceptors (Lipinski definition) is 4. The molecule has 80 valence electrons. The molecular weight excluding hydrogens is 192 g/mol. The Bertz CT molecular complexity index is 464. The van der Waals surface area contributed by atoms with Crippen LogP contribution in [0.5, 0.6) is 0 Å². The molecule has 2 heterocycles. The monoisotopic (exact) mass is 206 g/mol. The van der Waals surface area contributed by atoms with Crippen LogP contribution in [-0.2, 0) is 5.41 Å². The van der Waals surface area contributed by atoms with Gasteiger partial charge in [-0.3, -0.25) is 4.57 Å². The largest absolute Gasteiger partial charge is 0.360 e. The minimum Gasteiger partial charge on any atom is -0.360 e. The number of hydrogen-bond donors (Lipinski definition) is 0. The summed E-state index contributed by atoms with van der Waals surface area (Å²) in [6, 6.07) is 1.86. The molecule has 5 heteroatoms. The molecule has 0 fully saturated rings. The molecule has 0 aliphatic rings. The van der Waals surface area contributed by atoms with Gasteiger partial charge in [0.15, 0.2) is 5.82 Å². The predicted octanol–water partition coefficient (Wildman–Crippen LogP) is 1.86. The second kappa shape index (κ2) is 3.18. The highest BCUT2D eigenvalue weighted by Crippen LogP contribution is 2.22. The first-order chi connectivity index (χ1) is 6.98. The number of aromatic nitrogens is 4. The Labute approximate surface area is 88.1 Å². The zero-order valence-corrected chi connectivity index (χ0v) is 9.35. The normalized spacial score (nSPS) is 12.0. The van der Waals surface area contributed by atoms with Crippen LogP contribution in [0.1, 0.15) is 32.4 Å². The molecule has 0 atom stereocenters. The van der Waals surface area contributed by atoms with Gasteiger partial charge >= 0.3 is 0 Å². The lowest BCUT2D eigenvalue weighted by Crippen LogP contribution is -2.18. The molecule has 5 nitrogen and oxygen atoms in total. The summed E-state index contributed by atoms with van der Waals surface area (Å²) < 4.78 is 6.87. The van der Waals surface area contributed by atoms with Crippen molar-refractivity contribution in [3.8, 4) is 5.82 Å². The fourth-order valence-corrected chi connectivity index (χ4v) is 1.38. The van der Waals surface area contributed by atoms with E-state index in [9.17, 15) is 0 Å². The van der Waals surface area contributed by atoms with Gasteiger partial charge in [0.2, 0.25) is 0 Å². The van der Waals surface area contributed by atoms with Crippen LogP contribution in [0.2, 0.25) is 0 Å². The molecule has 2 aromatic heterocycles. The van der Waals surface area contributed by atoms with Gasteiger partial charge in [0.25, 0.3) is 0 Å². The van der Waals surface area contributed by atoms with Crippen LogP contribution in [0.25, 0.3) is 5.82 Å². The second-order valence-corrected chi connectivity index (χ2v) is 4.57. The maximum Gasteiger partial charge on any atom is 0.183 e. The van der Waals surface area contributed by atoms with E-state index < -0.39 is 0 Å². The average molecular weight is 206 g/mol. The summed E-state index contributed by atoms with van der Waals surface area (Å²) in [4.78, 5) is 0. The molecule has 0 N–H and O–H groups in total. The molecule has 2 aromatic rings. The van der Waals surface area contributed by atoms with E-state index in [2.05, 4.69) is 36.1 Å². The highest BCUT2D eigenvalue weighted by molar-refractivity contribution is 5.24. The Balaban J connectivity index is 2.50. The Hall–Kier alpha value is -1.65. The van der Waals surface area contributed by atoms with Crippen LogP contribution in [0.3, 0.4) is 0 Å². The highest BCUT2D eigenvalue weighted by atomic mass is 16.5. The van der Waals surface area contributed by atoms with Crippen molar-refractivity contribution >= 4 is 0 Å². The molecule has 0 aliphatic carbocycles. The van der Waals surface area contributed by atoms with Gasteiger partial charge in [0.05, 0.1) is 0 Å². The molecule has 15 heavy (non-hydrogen) atoms. The maximum absolute atomic E-state index is 5.03. The van der Waals surface area contributed by atoms with Crippen molar-refractivity contribution in [3.05, 3.63) is 24.0 Å². The third kappa shape index (κ3) is 1.77. The van der Waals surface area contributed by atoms with Gasteiger partial charge in [-0.2, -0.15) is 0 Å². The summed E-state index contributed by atoms with van der Waals surface area (Å²) in [5, 5.41) is 12.0. The van der Waals surface area contributed by atoms with Gasteiger partial charge < -0.3 is 4.52 Å². The molecule has 0 aliphatic heterocycles. The third-order valence-electron chi connectivity index (χ3n) is 2.08. The smallest absolute Gasteiger partial charge is 0.183 e. The summed E-state index contributed by atoms with van der Waals surface area (Å²) in [5.74, 6) is 2.37. The lowest BCUT2D eigenvalue weighted by atomic mass is 9.96. The molecule has 0 bridgehead atoms. The van der Waals surface area contributed by atoms with Crippen LogP contribution < -0.4 is 0 Å². The molecule has 0 aromatic carbocycles. The fourth-order valence-electron chi connectivity index (χ4n) is 1.38. The quantitative estimate of drug-likeness (QED) is 0.714. The molecular formula is C10H14N4O. The second-order valence-electron chi connectivity index (χ2n) is 4.57. The van der Waals surface area contributed by atoms with Gasteiger partial charge in [0, 0.05) is 11.5 Å². The zero-order valence-electron chi connectivity index (χ0n) is 9.35. The lowest BCUT2D eigenvalue weighted by molar-refractivity contribution is 0.393. The molecule has 2 rings (SSSR count). The minimum absolute atomic E-state index is 0.0661. The van der Waals surface area contributed by atoms with E-state index in [1.165, 1.54) is 0 Å². The number of nitrogens with zero attached hydrogens (tertiary/aromatic N) is 4. The van der Waals surface area contributed by atoms with Crippen molar-refractivity contribution < 1.29 is 4.52 Å². The van der Waals surface area contributed by atoms with Crippen molar-refractivity contribution in [2.75, 3.05) is 0 Å². The molecule has 0 radical (unpaired) electrons. The van der Waals surface area contributed by atoms with Crippen LogP contribution in [0.15, 0.2) is 16.9 Å². The van der Waals surface area contributed by atoms with E-state index in [0.717, 1.165) is 17.4 Å². The van der Waals surface area contributed by atoms with Crippen LogP contribution >= 0.6 is 0 Å². The van der Waals surface area contributed by atoms with Crippen LogP contribution in [0, 0.1) is 6.92 Å². The van der Waals surface area contributed by atoms with Gasteiger partial charge in [0.1, 0.15) is 17.9 Å². The molecule has 0 amide bonds. The standard InChI is InChI=1S/C10H14N4O/c1-7-5-8(13-15-7)14-6-11-12-9(14)10(2,3)4/h5-6H,1-4H3. The summed E-state index contributed by atoms with van der Waals surface area (Å²) in [5.41, 5.74) is -0.0661. The Kier molecular flexibility index (Phi) is 2.10. The molecule has 0 unspecified atom stereocenters. The van der Waals surface area contributed by atoms with Crippen molar-refractivity contribution in [2.24, 2.45) is 0 Å². The Morgan fingerprint density at radius 3 is 2.60 bits per heavy atom.